The third-order valence-electron chi connectivity index (χ3n) is 4.29. The summed E-state index contributed by atoms with van der Waals surface area (Å²) in [7, 11) is 1.75. The van der Waals surface area contributed by atoms with Crippen molar-refractivity contribution in [2.75, 3.05) is 13.7 Å². The number of allylic oxidation sites excluding steroid dienone is 2. The molecule has 2 heterocycles. The summed E-state index contributed by atoms with van der Waals surface area (Å²) < 4.78 is 11.3. The lowest BCUT2D eigenvalue weighted by Gasteiger charge is -2.26. The molecule has 4 atom stereocenters. The van der Waals surface area contributed by atoms with Crippen molar-refractivity contribution in [1.29, 1.82) is 0 Å². The highest BCUT2D eigenvalue weighted by Crippen LogP contribution is 2.45. The SMILES string of the molecule is COCC1C2CCC(O2)C1C/C=C\CCCC(=O)O. The van der Waals surface area contributed by atoms with Gasteiger partial charge >= 0.3 is 5.97 Å². The first-order valence-corrected chi connectivity index (χ1v) is 7.23. The second kappa shape index (κ2) is 7.06. The molecule has 19 heavy (non-hydrogen) atoms. The Hall–Kier alpha value is -0.870. The molecule has 2 bridgehead atoms. The largest absolute Gasteiger partial charge is 0.481 e. The Bertz CT molecular complexity index is 326. The van der Waals surface area contributed by atoms with Crippen LogP contribution in [0.5, 0.6) is 0 Å². The van der Waals surface area contributed by atoms with Gasteiger partial charge < -0.3 is 14.6 Å². The van der Waals surface area contributed by atoms with Crippen molar-refractivity contribution in [2.45, 2.75) is 50.7 Å². The number of fused-ring (bicyclic) bond motifs is 2. The first-order valence-electron chi connectivity index (χ1n) is 7.23. The summed E-state index contributed by atoms with van der Waals surface area (Å²) in [5.41, 5.74) is 0. The average molecular weight is 268 g/mol. The zero-order valence-electron chi connectivity index (χ0n) is 11.6. The van der Waals surface area contributed by atoms with Gasteiger partial charge in [0.1, 0.15) is 0 Å². The summed E-state index contributed by atoms with van der Waals surface area (Å²) in [6.45, 7) is 0.790. The van der Waals surface area contributed by atoms with E-state index in [2.05, 4.69) is 12.2 Å². The van der Waals surface area contributed by atoms with E-state index in [4.69, 9.17) is 14.6 Å². The van der Waals surface area contributed by atoms with Crippen LogP contribution in [0.4, 0.5) is 0 Å². The summed E-state index contributed by atoms with van der Waals surface area (Å²) >= 11 is 0. The summed E-state index contributed by atoms with van der Waals surface area (Å²) in [6, 6.07) is 0. The molecular weight excluding hydrogens is 244 g/mol. The van der Waals surface area contributed by atoms with Crippen LogP contribution in [0, 0.1) is 11.8 Å². The summed E-state index contributed by atoms with van der Waals surface area (Å²) in [5.74, 6) is 0.400. The summed E-state index contributed by atoms with van der Waals surface area (Å²) in [6.07, 6.45) is 10.3. The number of rotatable bonds is 8. The van der Waals surface area contributed by atoms with Gasteiger partial charge in [-0.15, -0.1) is 0 Å². The van der Waals surface area contributed by atoms with Crippen molar-refractivity contribution in [2.24, 2.45) is 11.8 Å². The average Bonchev–Trinajstić information content (AvgIpc) is 2.95. The van der Waals surface area contributed by atoms with Gasteiger partial charge in [0, 0.05) is 19.4 Å². The Morgan fingerprint density at radius 1 is 1.32 bits per heavy atom. The molecule has 0 aromatic rings. The van der Waals surface area contributed by atoms with Crippen LogP contribution in [-0.4, -0.2) is 37.0 Å². The van der Waals surface area contributed by atoms with E-state index in [0.29, 0.717) is 24.0 Å². The molecule has 108 valence electrons. The third kappa shape index (κ3) is 3.80. The highest BCUT2D eigenvalue weighted by molar-refractivity contribution is 5.66. The fourth-order valence-corrected chi connectivity index (χ4v) is 3.36. The van der Waals surface area contributed by atoms with E-state index in [9.17, 15) is 4.79 Å². The van der Waals surface area contributed by atoms with Gasteiger partial charge in [-0.25, -0.2) is 0 Å². The highest BCUT2D eigenvalue weighted by Gasteiger charge is 2.47. The normalized spacial score (nSPS) is 33.3. The van der Waals surface area contributed by atoms with E-state index in [1.807, 2.05) is 0 Å². The zero-order valence-corrected chi connectivity index (χ0v) is 11.6. The molecule has 0 saturated carbocycles. The van der Waals surface area contributed by atoms with Crippen LogP contribution in [0.1, 0.15) is 38.5 Å². The van der Waals surface area contributed by atoms with E-state index in [-0.39, 0.29) is 6.42 Å². The van der Waals surface area contributed by atoms with Crippen LogP contribution in [-0.2, 0) is 14.3 Å². The standard InChI is InChI=1S/C15H24O4/c1-18-10-12-11(13-8-9-14(12)19-13)6-4-2-3-5-7-15(16)17/h2,4,11-14H,3,5-10H2,1H3,(H,16,17)/b4-2-. The predicted octanol–water partition coefficient (Wildman–Crippen LogP) is 2.63. The first kappa shape index (κ1) is 14.5. The molecule has 0 aliphatic carbocycles. The van der Waals surface area contributed by atoms with Crippen LogP contribution in [0.15, 0.2) is 12.2 Å². The minimum absolute atomic E-state index is 0.258. The quantitative estimate of drug-likeness (QED) is 0.543. The van der Waals surface area contributed by atoms with Gasteiger partial charge in [0.25, 0.3) is 0 Å². The molecular formula is C15H24O4. The number of aliphatic carboxylic acids is 1. The Labute approximate surface area is 114 Å². The maximum absolute atomic E-state index is 10.4. The van der Waals surface area contributed by atoms with E-state index >= 15 is 0 Å². The molecule has 4 unspecified atom stereocenters. The van der Waals surface area contributed by atoms with Crippen LogP contribution < -0.4 is 0 Å². The molecule has 2 aliphatic rings. The summed E-state index contributed by atoms with van der Waals surface area (Å²) in [5, 5.41) is 8.55. The van der Waals surface area contributed by atoms with E-state index in [0.717, 1.165) is 25.9 Å². The van der Waals surface area contributed by atoms with Gasteiger partial charge in [-0.3, -0.25) is 4.79 Å². The zero-order chi connectivity index (χ0) is 13.7. The highest BCUT2D eigenvalue weighted by atomic mass is 16.5. The van der Waals surface area contributed by atoms with Gasteiger partial charge in [-0.05, 0) is 38.0 Å². The first-order chi connectivity index (χ1) is 9.22. The van der Waals surface area contributed by atoms with Gasteiger partial charge in [0.05, 0.1) is 18.8 Å². The maximum Gasteiger partial charge on any atom is 0.303 e. The molecule has 2 saturated heterocycles. The summed E-state index contributed by atoms with van der Waals surface area (Å²) in [4.78, 5) is 10.4. The molecule has 0 radical (unpaired) electrons. The molecule has 2 fully saturated rings. The minimum atomic E-state index is -0.713. The Balaban J connectivity index is 1.72. The van der Waals surface area contributed by atoms with Gasteiger partial charge in [0.2, 0.25) is 0 Å². The van der Waals surface area contributed by atoms with Gasteiger partial charge in [0.15, 0.2) is 0 Å². The molecule has 0 spiro atoms. The fraction of sp³-hybridized carbons (Fsp3) is 0.800. The van der Waals surface area contributed by atoms with Crippen LogP contribution in [0.2, 0.25) is 0 Å². The second-order valence-electron chi connectivity index (χ2n) is 5.57. The van der Waals surface area contributed by atoms with Crippen molar-refractivity contribution >= 4 is 5.97 Å². The van der Waals surface area contributed by atoms with E-state index < -0.39 is 5.97 Å². The Morgan fingerprint density at radius 3 is 2.74 bits per heavy atom. The van der Waals surface area contributed by atoms with Crippen molar-refractivity contribution in [3.8, 4) is 0 Å². The number of hydrogen-bond acceptors (Lipinski definition) is 3. The lowest BCUT2D eigenvalue weighted by molar-refractivity contribution is -0.137. The second-order valence-corrected chi connectivity index (χ2v) is 5.57. The fourth-order valence-electron chi connectivity index (χ4n) is 3.36. The van der Waals surface area contributed by atoms with Crippen molar-refractivity contribution in [3.63, 3.8) is 0 Å². The van der Waals surface area contributed by atoms with Gasteiger partial charge in [-0.1, -0.05) is 12.2 Å². The predicted molar refractivity (Wildman–Crippen MR) is 72.0 cm³/mol. The lowest BCUT2D eigenvalue weighted by Crippen LogP contribution is -2.30. The molecule has 1 N–H and O–H groups in total. The number of ether oxygens (including phenoxy) is 2. The molecule has 0 aromatic carbocycles. The topological polar surface area (TPSA) is 55.8 Å². The number of unbranched alkanes of at least 4 members (excludes halogenated alkanes) is 1. The number of carboxylic acids is 1. The Kier molecular flexibility index (Phi) is 5.40. The molecule has 4 heteroatoms. The van der Waals surface area contributed by atoms with E-state index in [1.54, 1.807) is 7.11 Å². The monoisotopic (exact) mass is 268 g/mol. The molecule has 4 nitrogen and oxygen atoms in total. The molecule has 2 aliphatic heterocycles. The number of hydrogen-bond donors (Lipinski definition) is 1. The lowest BCUT2D eigenvalue weighted by atomic mass is 9.78. The maximum atomic E-state index is 10.4. The Morgan fingerprint density at radius 2 is 2.05 bits per heavy atom. The smallest absolute Gasteiger partial charge is 0.303 e. The number of carbonyl (C=O) groups is 1. The third-order valence-corrected chi connectivity index (χ3v) is 4.29. The number of carboxylic acid groups (broad SMARTS) is 1. The number of methoxy groups -OCH3 is 1. The molecule has 0 amide bonds. The van der Waals surface area contributed by atoms with Crippen molar-refractivity contribution < 1.29 is 19.4 Å². The van der Waals surface area contributed by atoms with Crippen LogP contribution in [0.25, 0.3) is 0 Å². The van der Waals surface area contributed by atoms with Gasteiger partial charge in [-0.2, -0.15) is 0 Å². The van der Waals surface area contributed by atoms with Crippen molar-refractivity contribution in [3.05, 3.63) is 12.2 Å². The minimum Gasteiger partial charge on any atom is -0.481 e. The van der Waals surface area contributed by atoms with E-state index in [1.165, 1.54) is 12.8 Å². The van der Waals surface area contributed by atoms with Crippen LogP contribution >= 0.6 is 0 Å². The molecule has 0 aromatic heterocycles. The molecule has 2 rings (SSSR count). The van der Waals surface area contributed by atoms with Crippen LogP contribution in [0.3, 0.4) is 0 Å². The van der Waals surface area contributed by atoms with Crippen molar-refractivity contribution in [1.82, 2.24) is 0 Å².